The fourth-order valence-electron chi connectivity index (χ4n) is 1.86. The fraction of sp³-hybridized carbons (Fsp3) is 0.889. The minimum atomic E-state index is -0.966. The Labute approximate surface area is 84.0 Å². The van der Waals surface area contributed by atoms with Crippen LogP contribution in [0, 0.1) is 0 Å². The third-order valence-electron chi connectivity index (χ3n) is 2.55. The van der Waals surface area contributed by atoms with Gasteiger partial charge in [0.2, 0.25) is 0 Å². The first-order valence-electron chi connectivity index (χ1n) is 5.14. The Morgan fingerprint density at radius 2 is 2.21 bits per heavy atom. The van der Waals surface area contributed by atoms with Crippen molar-refractivity contribution in [3.05, 3.63) is 0 Å². The van der Waals surface area contributed by atoms with Crippen molar-refractivity contribution in [3.63, 3.8) is 0 Å². The molecule has 5 heteroatoms. The molecule has 2 atom stereocenters. The predicted octanol–water partition coefficient (Wildman–Crippen LogP) is 0.114. The molecule has 5 nitrogen and oxygen atoms in total. The summed E-state index contributed by atoms with van der Waals surface area (Å²) >= 11 is 0. The maximum Gasteiger partial charge on any atom is 0.404 e. The summed E-state index contributed by atoms with van der Waals surface area (Å²) in [6, 6.07) is 0.781. The van der Waals surface area contributed by atoms with Gasteiger partial charge in [0.15, 0.2) is 0 Å². The zero-order valence-corrected chi connectivity index (χ0v) is 8.33. The third-order valence-corrected chi connectivity index (χ3v) is 2.55. The van der Waals surface area contributed by atoms with Gasteiger partial charge in [-0.15, -0.1) is 0 Å². The van der Waals surface area contributed by atoms with Crippen LogP contribution in [0.25, 0.3) is 0 Å². The SMILES string of the molecule is NC1CCCC(NCCNC(=O)O)C1. The molecule has 0 aromatic rings. The van der Waals surface area contributed by atoms with Crippen LogP contribution in [0.4, 0.5) is 4.79 Å². The largest absolute Gasteiger partial charge is 0.465 e. The molecule has 1 aliphatic rings. The number of carbonyl (C=O) groups is 1. The summed E-state index contributed by atoms with van der Waals surface area (Å²) in [5, 5.41) is 14.0. The van der Waals surface area contributed by atoms with E-state index in [2.05, 4.69) is 10.6 Å². The molecule has 82 valence electrons. The van der Waals surface area contributed by atoms with E-state index >= 15 is 0 Å². The average Bonchev–Trinajstić information content (AvgIpc) is 2.12. The molecule has 1 aliphatic carbocycles. The molecule has 0 aromatic carbocycles. The molecular formula is C9H19N3O2. The summed E-state index contributed by atoms with van der Waals surface area (Å²) in [6.45, 7) is 1.14. The first-order chi connectivity index (χ1) is 6.68. The number of hydrogen-bond acceptors (Lipinski definition) is 3. The highest BCUT2D eigenvalue weighted by molar-refractivity contribution is 5.64. The summed E-state index contributed by atoms with van der Waals surface area (Å²) in [6.07, 6.45) is 3.48. The summed E-state index contributed by atoms with van der Waals surface area (Å²) in [5.41, 5.74) is 5.83. The van der Waals surface area contributed by atoms with Crippen LogP contribution in [-0.4, -0.2) is 36.4 Å². The molecule has 0 saturated heterocycles. The molecule has 1 rings (SSSR count). The van der Waals surface area contributed by atoms with Crippen molar-refractivity contribution in [1.82, 2.24) is 10.6 Å². The minimum absolute atomic E-state index is 0.314. The Morgan fingerprint density at radius 3 is 2.86 bits per heavy atom. The topological polar surface area (TPSA) is 87.4 Å². The van der Waals surface area contributed by atoms with Gasteiger partial charge in [-0.25, -0.2) is 4.79 Å². The van der Waals surface area contributed by atoms with Gasteiger partial charge in [-0.2, -0.15) is 0 Å². The van der Waals surface area contributed by atoms with E-state index in [-0.39, 0.29) is 0 Å². The van der Waals surface area contributed by atoms with E-state index in [1.807, 2.05) is 0 Å². The van der Waals surface area contributed by atoms with Crippen LogP contribution in [0.5, 0.6) is 0 Å². The van der Waals surface area contributed by atoms with E-state index in [9.17, 15) is 4.79 Å². The second kappa shape index (κ2) is 5.82. The zero-order valence-electron chi connectivity index (χ0n) is 8.33. The highest BCUT2D eigenvalue weighted by Gasteiger charge is 2.17. The average molecular weight is 201 g/mol. The molecule has 1 amide bonds. The van der Waals surface area contributed by atoms with Gasteiger partial charge in [-0.05, 0) is 19.3 Å². The van der Waals surface area contributed by atoms with E-state index in [0.29, 0.717) is 25.2 Å². The van der Waals surface area contributed by atoms with Gasteiger partial charge >= 0.3 is 6.09 Å². The van der Waals surface area contributed by atoms with Crippen LogP contribution in [0.3, 0.4) is 0 Å². The monoisotopic (exact) mass is 201 g/mol. The van der Waals surface area contributed by atoms with Crippen molar-refractivity contribution in [3.8, 4) is 0 Å². The summed E-state index contributed by atoms with van der Waals surface area (Å²) < 4.78 is 0. The normalized spacial score (nSPS) is 27.2. The van der Waals surface area contributed by atoms with Crippen LogP contribution < -0.4 is 16.4 Å². The van der Waals surface area contributed by atoms with Gasteiger partial charge in [0, 0.05) is 25.2 Å². The van der Waals surface area contributed by atoms with Crippen molar-refractivity contribution < 1.29 is 9.90 Å². The van der Waals surface area contributed by atoms with E-state index in [0.717, 1.165) is 19.3 Å². The summed E-state index contributed by atoms with van der Waals surface area (Å²) in [7, 11) is 0. The van der Waals surface area contributed by atoms with Gasteiger partial charge in [0.25, 0.3) is 0 Å². The molecule has 0 radical (unpaired) electrons. The summed E-state index contributed by atoms with van der Waals surface area (Å²) in [4.78, 5) is 10.1. The van der Waals surface area contributed by atoms with Crippen LogP contribution in [0.1, 0.15) is 25.7 Å². The Bertz CT molecular complexity index is 187. The van der Waals surface area contributed by atoms with E-state index in [1.165, 1.54) is 6.42 Å². The van der Waals surface area contributed by atoms with Crippen molar-refractivity contribution in [2.75, 3.05) is 13.1 Å². The standard InChI is InChI=1S/C9H19N3O2/c10-7-2-1-3-8(6-7)11-4-5-12-9(13)14/h7-8,11-12H,1-6,10H2,(H,13,14). The molecule has 1 fully saturated rings. The predicted molar refractivity (Wildman–Crippen MR) is 54.3 cm³/mol. The lowest BCUT2D eigenvalue weighted by molar-refractivity contribution is 0.194. The van der Waals surface area contributed by atoms with Crippen molar-refractivity contribution in [1.29, 1.82) is 0 Å². The number of hydrogen-bond donors (Lipinski definition) is 4. The van der Waals surface area contributed by atoms with E-state index < -0.39 is 6.09 Å². The maximum atomic E-state index is 10.1. The van der Waals surface area contributed by atoms with E-state index in [1.54, 1.807) is 0 Å². The highest BCUT2D eigenvalue weighted by atomic mass is 16.4. The molecule has 0 aromatic heterocycles. The summed E-state index contributed by atoms with van der Waals surface area (Å²) in [5.74, 6) is 0. The van der Waals surface area contributed by atoms with Gasteiger partial charge in [-0.3, -0.25) is 0 Å². The third kappa shape index (κ3) is 4.43. The van der Waals surface area contributed by atoms with Crippen molar-refractivity contribution in [2.24, 2.45) is 5.73 Å². The van der Waals surface area contributed by atoms with Gasteiger partial charge in [0.05, 0.1) is 0 Å². The lowest BCUT2D eigenvalue weighted by Gasteiger charge is -2.27. The number of carboxylic acid groups (broad SMARTS) is 1. The Hall–Kier alpha value is -0.810. The highest BCUT2D eigenvalue weighted by Crippen LogP contribution is 2.16. The number of amides is 1. The lowest BCUT2D eigenvalue weighted by Crippen LogP contribution is -2.42. The minimum Gasteiger partial charge on any atom is -0.465 e. The first kappa shape index (κ1) is 11.3. The molecular weight excluding hydrogens is 182 g/mol. The molecule has 2 unspecified atom stereocenters. The number of nitrogens with two attached hydrogens (primary N) is 1. The van der Waals surface area contributed by atoms with Gasteiger partial charge < -0.3 is 21.5 Å². The Balaban J connectivity index is 2.03. The Kier molecular flexibility index (Phi) is 4.69. The molecule has 0 spiro atoms. The maximum absolute atomic E-state index is 10.1. The fourth-order valence-corrected chi connectivity index (χ4v) is 1.86. The van der Waals surface area contributed by atoms with Crippen LogP contribution in [0.15, 0.2) is 0 Å². The molecule has 14 heavy (non-hydrogen) atoms. The second-order valence-corrected chi connectivity index (χ2v) is 3.81. The van der Waals surface area contributed by atoms with Crippen LogP contribution in [-0.2, 0) is 0 Å². The quantitative estimate of drug-likeness (QED) is 0.486. The van der Waals surface area contributed by atoms with E-state index in [4.69, 9.17) is 10.8 Å². The Morgan fingerprint density at radius 1 is 1.43 bits per heavy atom. The number of nitrogens with one attached hydrogen (secondary N) is 2. The number of rotatable bonds is 4. The molecule has 0 heterocycles. The second-order valence-electron chi connectivity index (χ2n) is 3.81. The van der Waals surface area contributed by atoms with Crippen molar-refractivity contribution in [2.45, 2.75) is 37.8 Å². The molecule has 5 N–H and O–H groups in total. The van der Waals surface area contributed by atoms with Gasteiger partial charge in [0.1, 0.15) is 0 Å². The smallest absolute Gasteiger partial charge is 0.404 e. The molecule has 1 saturated carbocycles. The van der Waals surface area contributed by atoms with Crippen molar-refractivity contribution >= 4 is 6.09 Å². The molecule has 0 bridgehead atoms. The van der Waals surface area contributed by atoms with Gasteiger partial charge in [-0.1, -0.05) is 6.42 Å². The van der Waals surface area contributed by atoms with Crippen LogP contribution in [0.2, 0.25) is 0 Å². The molecule has 0 aliphatic heterocycles. The lowest BCUT2D eigenvalue weighted by atomic mass is 9.92. The zero-order chi connectivity index (χ0) is 10.4. The first-order valence-corrected chi connectivity index (χ1v) is 5.14. The van der Waals surface area contributed by atoms with Crippen LogP contribution >= 0.6 is 0 Å².